The third kappa shape index (κ3) is 6.01. The van der Waals surface area contributed by atoms with E-state index in [-0.39, 0.29) is 12.4 Å². The van der Waals surface area contributed by atoms with Crippen LogP contribution in [0.4, 0.5) is 0 Å². The number of hydrogen-bond donors (Lipinski definition) is 2. The first-order valence-electron chi connectivity index (χ1n) is 11.1. The molecule has 1 amide bonds. The lowest BCUT2D eigenvalue weighted by Crippen LogP contribution is -2.17. The molecule has 0 unspecified atom stereocenters. The number of hydrazone groups is 1. The minimum Gasteiger partial charge on any atom is -0.486 e. The third-order valence-corrected chi connectivity index (χ3v) is 5.27. The number of aromatic nitrogens is 1. The van der Waals surface area contributed by atoms with Gasteiger partial charge in [-0.05, 0) is 74.5 Å². The van der Waals surface area contributed by atoms with E-state index in [1.165, 1.54) is 12.3 Å². The summed E-state index contributed by atoms with van der Waals surface area (Å²) in [6.45, 7) is 3.79. The zero-order valence-electron chi connectivity index (χ0n) is 19.8. The van der Waals surface area contributed by atoms with E-state index >= 15 is 0 Å². The van der Waals surface area contributed by atoms with Crippen molar-refractivity contribution in [3.63, 3.8) is 0 Å². The molecule has 0 aliphatic heterocycles. The number of aryl methyl sites for hydroxylation is 2. The van der Waals surface area contributed by atoms with Gasteiger partial charge in [0.15, 0.2) is 12.4 Å². The van der Waals surface area contributed by atoms with Gasteiger partial charge >= 0.3 is 11.9 Å². The van der Waals surface area contributed by atoms with Crippen LogP contribution in [-0.4, -0.2) is 34.4 Å². The summed E-state index contributed by atoms with van der Waals surface area (Å²) in [4.78, 5) is 23.1. The highest BCUT2D eigenvalue weighted by Gasteiger charge is 2.12. The molecule has 0 saturated carbocycles. The minimum absolute atomic E-state index is 0.0788. The van der Waals surface area contributed by atoms with Crippen molar-refractivity contribution < 1.29 is 28.6 Å². The molecule has 9 heteroatoms. The van der Waals surface area contributed by atoms with Crippen LogP contribution in [-0.2, 0) is 11.4 Å². The van der Waals surface area contributed by atoms with Crippen LogP contribution in [0.1, 0.15) is 33.3 Å². The second-order valence-electron chi connectivity index (χ2n) is 7.92. The molecule has 4 rings (SSSR count). The van der Waals surface area contributed by atoms with Crippen LogP contribution in [0.3, 0.4) is 0 Å². The number of carboxylic acids is 1. The Hall–Kier alpha value is -4.79. The Morgan fingerprint density at radius 3 is 2.42 bits per heavy atom. The lowest BCUT2D eigenvalue weighted by molar-refractivity contribution is -0.139. The van der Waals surface area contributed by atoms with Gasteiger partial charge in [0.2, 0.25) is 0 Å². The summed E-state index contributed by atoms with van der Waals surface area (Å²) in [7, 11) is 0. The second-order valence-corrected chi connectivity index (χ2v) is 7.92. The maximum atomic E-state index is 12.4. The molecule has 2 aromatic carbocycles. The molecule has 36 heavy (non-hydrogen) atoms. The van der Waals surface area contributed by atoms with Crippen LogP contribution in [0.15, 0.2) is 82.3 Å². The molecule has 0 aliphatic rings. The van der Waals surface area contributed by atoms with Crippen molar-refractivity contribution in [3.05, 3.63) is 101 Å². The lowest BCUT2D eigenvalue weighted by Gasteiger charge is -2.10. The van der Waals surface area contributed by atoms with E-state index in [9.17, 15) is 9.59 Å². The Balaban J connectivity index is 1.31. The van der Waals surface area contributed by atoms with Crippen molar-refractivity contribution in [2.24, 2.45) is 5.10 Å². The molecule has 2 N–H and O–H groups in total. The number of benzene rings is 2. The molecule has 0 fully saturated rings. The van der Waals surface area contributed by atoms with Crippen molar-refractivity contribution in [1.29, 1.82) is 0 Å². The number of carbonyl (C=O) groups excluding carboxylic acids is 1. The fourth-order valence-corrected chi connectivity index (χ4v) is 3.57. The Kier molecular flexibility index (Phi) is 7.50. The zero-order chi connectivity index (χ0) is 25.5. The van der Waals surface area contributed by atoms with Gasteiger partial charge in [0, 0.05) is 22.6 Å². The van der Waals surface area contributed by atoms with E-state index in [0.29, 0.717) is 22.8 Å². The fourth-order valence-electron chi connectivity index (χ4n) is 3.57. The maximum Gasteiger partial charge on any atom is 0.341 e. The molecule has 9 nitrogen and oxygen atoms in total. The third-order valence-electron chi connectivity index (χ3n) is 5.27. The summed E-state index contributed by atoms with van der Waals surface area (Å²) in [5.74, 6) is -0.0539. The van der Waals surface area contributed by atoms with Gasteiger partial charge < -0.3 is 23.6 Å². The number of ether oxygens (including phenoxy) is 2. The summed E-state index contributed by atoms with van der Waals surface area (Å²) in [5, 5.41) is 12.7. The Labute approximate surface area is 207 Å². The smallest absolute Gasteiger partial charge is 0.341 e. The SMILES string of the molecule is Cc1ccc(C)n1-c1ccc(OCc2ccc(C(=O)N/N=C/c3ccccc3OCC(=O)O)o2)cc1. The van der Waals surface area contributed by atoms with Crippen molar-refractivity contribution in [1.82, 2.24) is 9.99 Å². The summed E-state index contributed by atoms with van der Waals surface area (Å²) < 4.78 is 18.7. The average Bonchev–Trinajstić information content (AvgIpc) is 3.48. The van der Waals surface area contributed by atoms with Gasteiger partial charge in [0.05, 0.1) is 6.21 Å². The van der Waals surface area contributed by atoms with Gasteiger partial charge in [0.1, 0.15) is 23.9 Å². The number of furan rings is 1. The molecule has 184 valence electrons. The van der Waals surface area contributed by atoms with E-state index in [4.69, 9.17) is 19.0 Å². The Morgan fingerprint density at radius 1 is 0.972 bits per heavy atom. The number of nitrogens with one attached hydrogen (secondary N) is 1. The Morgan fingerprint density at radius 2 is 1.69 bits per heavy atom. The molecule has 0 bridgehead atoms. The predicted molar refractivity (Wildman–Crippen MR) is 133 cm³/mol. The molecule has 2 heterocycles. The molecule has 0 atom stereocenters. The molecular formula is C27H25N3O6. The highest BCUT2D eigenvalue weighted by atomic mass is 16.5. The molecule has 2 aromatic heterocycles. The number of carboxylic acid groups (broad SMARTS) is 1. The lowest BCUT2D eigenvalue weighted by atomic mass is 10.2. The van der Waals surface area contributed by atoms with Gasteiger partial charge in [-0.3, -0.25) is 4.79 Å². The highest BCUT2D eigenvalue weighted by Crippen LogP contribution is 2.21. The fraction of sp³-hybridized carbons (Fsp3) is 0.148. The van der Waals surface area contributed by atoms with Crippen molar-refractivity contribution in [2.75, 3.05) is 6.61 Å². The number of carbonyl (C=O) groups is 2. The van der Waals surface area contributed by atoms with Gasteiger partial charge in [-0.15, -0.1) is 0 Å². The number of rotatable bonds is 10. The molecule has 4 aromatic rings. The number of hydrogen-bond acceptors (Lipinski definition) is 6. The number of amides is 1. The average molecular weight is 488 g/mol. The van der Waals surface area contributed by atoms with Crippen LogP contribution >= 0.6 is 0 Å². The molecule has 0 radical (unpaired) electrons. The van der Waals surface area contributed by atoms with Crippen LogP contribution in [0.2, 0.25) is 0 Å². The monoisotopic (exact) mass is 487 g/mol. The van der Waals surface area contributed by atoms with E-state index in [1.807, 2.05) is 24.3 Å². The topological polar surface area (TPSA) is 115 Å². The Bertz CT molecular complexity index is 1370. The normalized spacial score (nSPS) is 10.9. The molecule has 0 spiro atoms. The summed E-state index contributed by atoms with van der Waals surface area (Å²) in [5.41, 5.74) is 6.25. The summed E-state index contributed by atoms with van der Waals surface area (Å²) in [6.07, 6.45) is 1.36. The summed E-state index contributed by atoms with van der Waals surface area (Å²) >= 11 is 0. The highest BCUT2D eigenvalue weighted by molar-refractivity contribution is 5.92. The predicted octanol–water partition coefficient (Wildman–Crippen LogP) is 4.49. The summed E-state index contributed by atoms with van der Waals surface area (Å²) in [6, 6.07) is 21.8. The van der Waals surface area contributed by atoms with E-state index in [2.05, 4.69) is 41.1 Å². The van der Waals surface area contributed by atoms with Gasteiger partial charge in [0.25, 0.3) is 0 Å². The first-order chi connectivity index (χ1) is 17.4. The molecule has 0 saturated heterocycles. The zero-order valence-corrected chi connectivity index (χ0v) is 19.8. The van der Waals surface area contributed by atoms with E-state index < -0.39 is 18.5 Å². The van der Waals surface area contributed by atoms with Gasteiger partial charge in [-0.25, -0.2) is 10.2 Å². The van der Waals surface area contributed by atoms with Crippen molar-refractivity contribution in [2.45, 2.75) is 20.5 Å². The van der Waals surface area contributed by atoms with Crippen molar-refractivity contribution in [3.8, 4) is 17.2 Å². The number of aliphatic carboxylic acids is 1. The molecular weight excluding hydrogens is 462 g/mol. The number of nitrogens with zero attached hydrogens (tertiary/aromatic N) is 2. The second kappa shape index (κ2) is 11.1. The van der Waals surface area contributed by atoms with Gasteiger partial charge in [-0.1, -0.05) is 12.1 Å². The van der Waals surface area contributed by atoms with E-state index in [0.717, 1.165) is 17.1 Å². The van der Waals surface area contributed by atoms with Crippen LogP contribution < -0.4 is 14.9 Å². The first-order valence-corrected chi connectivity index (χ1v) is 11.1. The van der Waals surface area contributed by atoms with Crippen LogP contribution in [0.5, 0.6) is 11.5 Å². The largest absolute Gasteiger partial charge is 0.486 e. The van der Waals surface area contributed by atoms with Gasteiger partial charge in [-0.2, -0.15) is 5.10 Å². The standard InChI is InChI=1S/C27H25N3O6/c1-18-7-8-19(2)30(18)21-9-11-22(12-10-21)34-16-23-13-14-25(36-23)27(33)29-28-15-20-5-3-4-6-24(20)35-17-26(31)32/h3-15H,16-17H2,1-2H3,(H,29,33)(H,31,32)/b28-15+. The van der Waals surface area contributed by atoms with E-state index in [1.54, 1.807) is 30.3 Å². The van der Waals surface area contributed by atoms with Crippen molar-refractivity contribution >= 4 is 18.1 Å². The maximum absolute atomic E-state index is 12.4. The minimum atomic E-state index is -1.09. The van der Waals surface area contributed by atoms with Crippen LogP contribution in [0, 0.1) is 13.8 Å². The van der Waals surface area contributed by atoms with Crippen LogP contribution in [0.25, 0.3) is 5.69 Å². The first kappa shape index (κ1) is 24.3. The number of para-hydroxylation sites is 1. The molecule has 0 aliphatic carbocycles. The quantitative estimate of drug-likeness (QED) is 0.252.